The number of imide groups is 1. The molecule has 1 heterocycles. The molecule has 1 saturated heterocycles. The van der Waals surface area contributed by atoms with E-state index in [9.17, 15) is 23.7 Å². The molecule has 0 spiro atoms. The predicted molar refractivity (Wildman–Crippen MR) is 86.2 cm³/mol. The van der Waals surface area contributed by atoms with E-state index in [4.69, 9.17) is 0 Å². The smallest absolute Gasteiger partial charge is 0.288 e. The number of rotatable bonds is 8. The van der Waals surface area contributed by atoms with Crippen LogP contribution in [0, 0.1) is 0 Å². The summed E-state index contributed by atoms with van der Waals surface area (Å²) in [5.41, 5.74) is 0. The Bertz CT molecular complexity index is 482. The molecule has 10 heteroatoms. The highest BCUT2D eigenvalue weighted by atomic mass is 32.2. The maximum Gasteiger partial charge on any atom is 0.288 e. The van der Waals surface area contributed by atoms with Gasteiger partial charge in [-0.05, 0) is 30.4 Å². The average Bonchev–Trinajstić information content (AvgIpc) is 2.74. The van der Waals surface area contributed by atoms with Gasteiger partial charge in [0.05, 0.1) is 5.75 Å². The topological polar surface area (TPSA) is 119 Å². The van der Waals surface area contributed by atoms with Crippen LogP contribution in [-0.4, -0.2) is 68.8 Å². The number of hydrogen-bond acceptors (Lipinski definition) is 6. The molecule has 1 unspecified atom stereocenters. The molecule has 1 saturated carbocycles. The molecule has 0 aromatic carbocycles. The first-order chi connectivity index (χ1) is 11.0. The Balaban J connectivity index is 1.59. The van der Waals surface area contributed by atoms with E-state index in [1.807, 2.05) is 0 Å². The Labute approximate surface area is 141 Å². The van der Waals surface area contributed by atoms with Crippen molar-refractivity contribution in [2.45, 2.75) is 25.3 Å². The van der Waals surface area contributed by atoms with Crippen molar-refractivity contribution in [1.29, 1.82) is 0 Å². The summed E-state index contributed by atoms with van der Waals surface area (Å²) in [5, 5.41) is 4.94. The minimum atomic E-state index is -1.57. The lowest BCUT2D eigenvalue weighted by atomic mass is 9.93. The third-order valence-electron chi connectivity index (χ3n) is 3.55. The Hall–Kier alpha value is -1.26. The second-order valence-corrected chi connectivity index (χ2v) is 7.76. The zero-order valence-electron chi connectivity index (χ0n) is 12.5. The molecule has 8 nitrogen and oxygen atoms in total. The highest BCUT2D eigenvalue weighted by Gasteiger charge is 2.29. The van der Waals surface area contributed by atoms with Crippen molar-refractivity contribution in [3.8, 4) is 0 Å². The van der Waals surface area contributed by atoms with Gasteiger partial charge in [-0.25, -0.2) is 0 Å². The normalized spacial score (nSPS) is 19.4. The second-order valence-electron chi connectivity index (χ2n) is 5.37. The molecule has 0 bridgehead atoms. The number of amides is 4. The van der Waals surface area contributed by atoms with E-state index in [-0.39, 0.29) is 53.4 Å². The summed E-state index contributed by atoms with van der Waals surface area (Å²) in [6.45, 7) is 0.216. The standard InChI is InChI=1S/C13H19N3O5S2/c17-10(14-4-5-16-12(19)6-22-13(16)20)7-23(21)8-11(18)15-9-2-1-3-9/h9H,1-8H2,(H,14,17)(H,15,18). The first-order valence-electron chi connectivity index (χ1n) is 7.34. The second kappa shape index (κ2) is 8.55. The maximum atomic E-state index is 11.7. The van der Waals surface area contributed by atoms with Gasteiger partial charge < -0.3 is 15.2 Å². The summed E-state index contributed by atoms with van der Waals surface area (Å²) < 4.78 is 11.7. The fourth-order valence-corrected chi connectivity index (χ4v) is 3.74. The van der Waals surface area contributed by atoms with E-state index >= 15 is 0 Å². The summed E-state index contributed by atoms with van der Waals surface area (Å²) in [4.78, 5) is 47.0. The van der Waals surface area contributed by atoms with Crippen LogP contribution in [0.3, 0.4) is 0 Å². The molecule has 128 valence electrons. The Morgan fingerprint density at radius 3 is 2.52 bits per heavy atom. The SMILES string of the molecule is O=C(C[S+]([O-])CC(=O)NC1CCC1)NCCN1C(=O)CSC1=O. The molecule has 0 aromatic heterocycles. The van der Waals surface area contributed by atoms with Gasteiger partial charge in [-0.15, -0.1) is 0 Å². The molecule has 0 aromatic rings. The third-order valence-corrected chi connectivity index (χ3v) is 5.58. The number of hydrogen-bond donors (Lipinski definition) is 2. The molecule has 1 aliphatic carbocycles. The number of thioether (sulfide) groups is 1. The molecule has 2 rings (SSSR count). The molecular formula is C13H19N3O5S2. The zero-order chi connectivity index (χ0) is 16.8. The Morgan fingerprint density at radius 1 is 1.26 bits per heavy atom. The van der Waals surface area contributed by atoms with Crippen molar-refractivity contribution >= 4 is 45.9 Å². The largest absolute Gasteiger partial charge is 0.616 e. The van der Waals surface area contributed by atoms with E-state index < -0.39 is 17.1 Å². The minimum Gasteiger partial charge on any atom is -0.616 e. The Kier molecular flexibility index (Phi) is 6.72. The van der Waals surface area contributed by atoms with Crippen molar-refractivity contribution in [3.05, 3.63) is 0 Å². The summed E-state index contributed by atoms with van der Waals surface area (Å²) in [7, 11) is 0. The van der Waals surface area contributed by atoms with Gasteiger partial charge in [0.25, 0.3) is 17.1 Å². The third kappa shape index (κ3) is 5.70. The fraction of sp³-hybridized carbons (Fsp3) is 0.692. The van der Waals surface area contributed by atoms with Crippen molar-refractivity contribution in [2.24, 2.45) is 0 Å². The predicted octanol–water partition coefficient (Wildman–Crippen LogP) is -0.785. The van der Waals surface area contributed by atoms with E-state index in [1.165, 1.54) is 0 Å². The van der Waals surface area contributed by atoms with Gasteiger partial charge in [0.15, 0.2) is 11.5 Å². The molecule has 1 atom stereocenters. The zero-order valence-corrected chi connectivity index (χ0v) is 14.2. The van der Waals surface area contributed by atoms with Crippen LogP contribution in [0.25, 0.3) is 0 Å². The van der Waals surface area contributed by atoms with Crippen LogP contribution in [0.15, 0.2) is 0 Å². The van der Waals surface area contributed by atoms with Gasteiger partial charge in [-0.1, -0.05) is 11.8 Å². The molecule has 23 heavy (non-hydrogen) atoms. The summed E-state index contributed by atoms with van der Waals surface area (Å²) >= 11 is -0.637. The van der Waals surface area contributed by atoms with Crippen LogP contribution < -0.4 is 10.6 Å². The van der Waals surface area contributed by atoms with Crippen molar-refractivity contribution < 1.29 is 23.7 Å². The number of nitrogens with one attached hydrogen (secondary N) is 2. The molecular weight excluding hydrogens is 342 g/mol. The number of nitrogens with zero attached hydrogens (tertiary/aromatic N) is 1. The Morgan fingerprint density at radius 2 is 1.96 bits per heavy atom. The summed E-state index contributed by atoms with van der Waals surface area (Å²) in [6, 6.07) is 0.182. The highest BCUT2D eigenvalue weighted by molar-refractivity contribution is 8.14. The molecule has 0 radical (unpaired) electrons. The first kappa shape index (κ1) is 18.1. The number of carbonyl (C=O) groups excluding carboxylic acids is 4. The molecule has 2 aliphatic rings. The monoisotopic (exact) mass is 361 g/mol. The van der Waals surface area contributed by atoms with Gasteiger partial charge in [0.1, 0.15) is 0 Å². The van der Waals surface area contributed by atoms with Crippen molar-refractivity contribution in [1.82, 2.24) is 15.5 Å². The van der Waals surface area contributed by atoms with Crippen LogP contribution in [0.2, 0.25) is 0 Å². The lowest BCUT2D eigenvalue weighted by molar-refractivity contribution is -0.125. The van der Waals surface area contributed by atoms with Crippen molar-refractivity contribution in [2.75, 3.05) is 30.3 Å². The summed E-state index contributed by atoms with van der Waals surface area (Å²) in [6.07, 6.45) is 2.99. The first-order valence-corrected chi connectivity index (χ1v) is 9.81. The van der Waals surface area contributed by atoms with Crippen LogP contribution in [0.4, 0.5) is 4.79 Å². The lowest BCUT2D eigenvalue weighted by Crippen LogP contribution is -2.44. The quantitative estimate of drug-likeness (QED) is 0.547. The van der Waals surface area contributed by atoms with Crippen LogP contribution in [0.5, 0.6) is 0 Å². The summed E-state index contributed by atoms with van der Waals surface area (Å²) in [5.74, 6) is -1.37. The minimum absolute atomic E-state index is 0.102. The van der Waals surface area contributed by atoms with Gasteiger partial charge in [-0.3, -0.25) is 24.1 Å². The number of carbonyl (C=O) groups is 4. The molecule has 2 N–H and O–H groups in total. The van der Waals surface area contributed by atoms with Gasteiger partial charge in [0, 0.05) is 19.1 Å². The molecule has 1 aliphatic heterocycles. The lowest BCUT2D eigenvalue weighted by Gasteiger charge is -2.26. The van der Waals surface area contributed by atoms with Gasteiger partial charge in [0.2, 0.25) is 5.91 Å². The van der Waals surface area contributed by atoms with E-state index in [2.05, 4.69) is 10.6 Å². The molecule has 2 fully saturated rings. The van der Waals surface area contributed by atoms with Gasteiger partial charge in [-0.2, -0.15) is 0 Å². The van der Waals surface area contributed by atoms with Crippen LogP contribution >= 0.6 is 11.8 Å². The highest BCUT2D eigenvalue weighted by Crippen LogP contribution is 2.18. The van der Waals surface area contributed by atoms with E-state index in [0.29, 0.717) is 0 Å². The fourth-order valence-electron chi connectivity index (χ4n) is 2.12. The van der Waals surface area contributed by atoms with Crippen LogP contribution in [0.1, 0.15) is 19.3 Å². The molecule has 4 amide bonds. The van der Waals surface area contributed by atoms with Crippen molar-refractivity contribution in [3.63, 3.8) is 0 Å². The van der Waals surface area contributed by atoms with Crippen LogP contribution in [-0.2, 0) is 25.6 Å². The van der Waals surface area contributed by atoms with Gasteiger partial charge >= 0.3 is 0 Å². The average molecular weight is 361 g/mol. The van der Waals surface area contributed by atoms with E-state index in [0.717, 1.165) is 35.9 Å². The maximum absolute atomic E-state index is 11.7. The van der Waals surface area contributed by atoms with E-state index in [1.54, 1.807) is 0 Å².